The molecule has 37 heavy (non-hydrogen) atoms. The van der Waals surface area contributed by atoms with Gasteiger partial charge in [-0.05, 0) is 55.3 Å². The van der Waals surface area contributed by atoms with E-state index in [1.807, 2.05) is 0 Å². The van der Waals surface area contributed by atoms with Gasteiger partial charge in [-0.2, -0.15) is 0 Å². The molecule has 0 N–H and O–H groups in total. The molecule has 9 nitrogen and oxygen atoms in total. The highest BCUT2D eigenvalue weighted by Crippen LogP contribution is 2.31. The van der Waals surface area contributed by atoms with Gasteiger partial charge in [0.25, 0.3) is 5.56 Å². The number of carbonyl (C=O) groups is 3. The molecule has 1 aliphatic heterocycles. The van der Waals surface area contributed by atoms with Crippen molar-refractivity contribution in [3.8, 4) is 11.5 Å². The summed E-state index contributed by atoms with van der Waals surface area (Å²) in [7, 11) is 0. The highest BCUT2D eigenvalue weighted by atomic mass is 32.1. The zero-order valence-corrected chi connectivity index (χ0v) is 21.5. The number of aromatic nitrogens is 1. The summed E-state index contributed by atoms with van der Waals surface area (Å²) in [6.07, 6.45) is 1.68. The van der Waals surface area contributed by atoms with Crippen molar-refractivity contribution in [3.05, 3.63) is 90.6 Å². The number of rotatable bonds is 6. The maximum atomic E-state index is 13.7. The molecule has 2 heterocycles. The summed E-state index contributed by atoms with van der Waals surface area (Å²) in [4.78, 5) is 54.2. The second-order valence-electron chi connectivity index (χ2n) is 8.13. The molecule has 0 spiro atoms. The van der Waals surface area contributed by atoms with Gasteiger partial charge in [0.05, 0.1) is 28.5 Å². The van der Waals surface area contributed by atoms with E-state index in [1.54, 1.807) is 68.5 Å². The average molecular weight is 521 g/mol. The van der Waals surface area contributed by atoms with Crippen molar-refractivity contribution in [1.82, 2.24) is 4.57 Å². The number of hydrogen-bond donors (Lipinski definition) is 0. The molecule has 10 heteroatoms. The fourth-order valence-corrected chi connectivity index (χ4v) is 5.02. The van der Waals surface area contributed by atoms with Crippen molar-refractivity contribution in [2.24, 2.45) is 4.99 Å². The SMILES string of the molecule is CCOC(=O)C1=C(C)N=c2s/c(=C\c3cccc(OC(C)=O)c3)c(=O)n2[C@H]1c1ccc(OC(C)=O)cc1. The van der Waals surface area contributed by atoms with Crippen LogP contribution < -0.4 is 24.4 Å². The summed E-state index contributed by atoms with van der Waals surface area (Å²) in [5.41, 5.74) is 1.63. The van der Waals surface area contributed by atoms with Crippen molar-refractivity contribution in [3.63, 3.8) is 0 Å². The second kappa shape index (κ2) is 10.8. The van der Waals surface area contributed by atoms with Crippen molar-refractivity contribution in [1.29, 1.82) is 0 Å². The number of carbonyl (C=O) groups excluding carboxylic acids is 3. The first kappa shape index (κ1) is 25.8. The van der Waals surface area contributed by atoms with Gasteiger partial charge in [-0.15, -0.1) is 0 Å². The molecule has 1 aliphatic rings. The molecule has 0 bridgehead atoms. The third-order valence-electron chi connectivity index (χ3n) is 5.39. The van der Waals surface area contributed by atoms with Gasteiger partial charge in [0.2, 0.25) is 0 Å². The lowest BCUT2D eigenvalue weighted by Crippen LogP contribution is -2.39. The Hall–Kier alpha value is -4.31. The van der Waals surface area contributed by atoms with Gasteiger partial charge < -0.3 is 14.2 Å². The largest absolute Gasteiger partial charge is 0.463 e. The van der Waals surface area contributed by atoms with Gasteiger partial charge in [0.1, 0.15) is 11.5 Å². The van der Waals surface area contributed by atoms with Gasteiger partial charge in [-0.25, -0.2) is 9.79 Å². The molecule has 0 fully saturated rings. The summed E-state index contributed by atoms with van der Waals surface area (Å²) in [6, 6.07) is 12.6. The van der Waals surface area contributed by atoms with Gasteiger partial charge in [-0.3, -0.25) is 19.0 Å². The minimum Gasteiger partial charge on any atom is -0.463 e. The zero-order valence-electron chi connectivity index (χ0n) is 20.6. The first-order valence-electron chi connectivity index (χ1n) is 11.4. The van der Waals surface area contributed by atoms with Crippen molar-refractivity contribution >= 4 is 35.3 Å². The molecule has 1 atom stereocenters. The lowest BCUT2D eigenvalue weighted by atomic mass is 9.96. The molecule has 3 aromatic rings. The zero-order chi connectivity index (χ0) is 26.7. The number of fused-ring (bicyclic) bond motifs is 1. The number of thiazole rings is 1. The minimum atomic E-state index is -0.795. The quantitative estimate of drug-likeness (QED) is 0.363. The molecule has 0 aliphatic carbocycles. The van der Waals surface area contributed by atoms with E-state index in [0.29, 0.717) is 37.7 Å². The number of hydrogen-bond acceptors (Lipinski definition) is 9. The lowest BCUT2D eigenvalue weighted by Gasteiger charge is -2.24. The third-order valence-corrected chi connectivity index (χ3v) is 6.37. The molecule has 0 amide bonds. The van der Waals surface area contributed by atoms with Crippen LogP contribution in [0.2, 0.25) is 0 Å². The molecular formula is C27H24N2O7S. The van der Waals surface area contributed by atoms with Gasteiger partial charge >= 0.3 is 17.9 Å². The fourth-order valence-electron chi connectivity index (χ4n) is 3.98. The van der Waals surface area contributed by atoms with Crippen LogP contribution in [-0.4, -0.2) is 29.1 Å². The molecule has 1 aromatic heterocycles. The summed E-state index contributed by atoms with van der Waals surface area (Å²) in [6.45, 7) is 6.18. The number of esters is 3. The number of benzene rings is 2. The summed E-state index contributed by atoms with van der Waals surface area (Å²) in [5.74, 6) is -0.768. The van der Waals surface area contributed by atoms with E-state index in [1.165, 1.54) is 29.8 Å². The second-order valence-corrected chi connectivity index (χ2v) is 9.14. The summed E-state index contributed by atoms with van der Waals surface area (Å²) in [5, 5.41) is 0. The molecule has 190 valence electrons. The van der Waals surface area contributed by atoms with Crippen LogP contribution in [0.4, 0.5) is 0 Å². The fraction of sp³-hybridized carbons (Fsp3) is 0.222. The van der Waals surface area contributed by atoms with Crippen molar-refractivity contribution < 1.29 is 28.6 Å². The number of allylic oxidation sites excluding steroid dienone is 1. The Morgan fingerprint density at radius 3 is 2.35 bits per heavy atom. The van der Waals surface area contributed by atoms with E-state index in [2.05, 4.69) is 4.99 Å². The van der Waals surface area contributed by atoms with Gasteiger partial charge in [0, 0.05) is 13.8 Å². The van der Waals surface area contributed by atoms with Crippen LogP contribution in [0.1, 0.15) is 44.9 Å². The highest BCUT2D eigenvalue weighted by molar-refractivity contribution is 7.07. The standard InChI is InChI=1S/C27H24N2O7S/c1-5-34-26(33)23-15(2)28-27-29(24(23)19-9-11-20(12-10-19)35-16(3)30)25(32)22(37-27)14-18-7-6-8-21(13-18)36-17(4)31/h6-14,24H,5H2,1-4H3/b22-14-/t24-/m0/s1. The molecule has 0 unspecified atom stereocenters. The van der Waals surface area contributed by atoms with Crippen LogP contribution in [0.15, 0.2) is 69.6 Å². The van der Waals surface area contributed by atoms with E-state index in [9.17, 15) is 19.2 Å². The molecule has 0 saturated heterocycles. The van der Waals surface area contributed by atoms with E-state index >= 15 is 0 Å². The van der Waals surface area contributed by atoms with Crippen molar-refractivity contribution in [2.45, 2.75) is 33.7 Å². The predicted molar refractivity (Wildman–Crippen MR) is 136 cm³/mol. The van der Waals surface area contributed by atoms with Crippen LogP contribution in [0.5, 0.6) is 11.5 Å². The Morgan fingerprint density at radius 2 is 1.70 bits per heavy atom. The maximum absolute atomic E-state index is 13.7. The lowest BCUT2D eigenvalue weighted by molar-refractivity contribution is -0.139. The topological polar surface area (TPSA) is 113 Å². The Morgan fingerprint density at radius 1 is 1.03 bits per heavy atom. The first-order valence-corrected chi connectivity index (χ1v) is 12.3. The predicted octanol–water partition coefficient (Wildman–Crippen LogP) is 2.65. The Bertz CT molecular complexity index is 1600. The van der Waals surface area contributed by atoms with E-state index in [-0.39, 0.29) is 17.7 Å². The average Bonchev–Trinajstić information content (AvgIpc) is 3.12. The van der Waals surface area contributed by atoms with Gasteiger partial charge in [-0.1, -0.05) is 35.6 Å². The third kappa shape index (κ3) is 5.59. The summed E-state index contributed by atoms with van der Waals surface area (Å²) >= 11 is 1.18. The Kier molecular flexibility index (Phi) is 7.49. The van der Waals surface area contributed by atoms with Crippen molar-refractivity contribution in [2.75, 3.05) is 6.61 Å². The van der Waals surface area contributed by atoms with E-state index in [4.69, 9.17) is 14.2 Å². The van der Waals surface area contributed by atoms with Crippen LogP contribution in [0, 0.1) is 0 Å². The maximum Gasteiger partial charge on any atom is 0.338 e. The molecular weight excluding hydrogens is 496 g/mol. The van der Waals surface area contributed by atoms with Gasteiger partial charge in [0.15, 0.2) is 4.80 Å². The monoisotopic (exact) mass is 520 g/mol. The van der Waals surface area contributed by atoms with Crippen LogP contribution in [0.3, 0.4) is 0 Å². The smallest absolute Gasteiger partial charge is 0.338 e. The Labute approximate surface area is 215 Å². The van der Waals surface area contributed by atoms with Crippen LogP contribution >= 0.6 is 11.3 Å². The minimum absolute atomic E-state index is 0.164. The normalized spacial score (nSPS) is 15.0. The number of nitrogens with zero attached hydrogens (tertiary/aromatic N) is 2. The first-order chi connectivity index (χ1) is 17.7. The molecule has 0 saturated carbocycles. The molecule has 0 radical (unpaired) electrons. The highest BCUT2D eigenvalue weighted by Gasteiger charge is 2.33. The molecule has 4 rings (SSSR count). The van der Waals surface area contributed by atoms with E-state index in [0.717, 1.165) is 0 Å². The number of ether oxygens (including phenoxy) is 3. The van der Waals surface area contributed by atoms with Crippen LogP contribution in [-0.2, 0) is 19.1 Å². The summed E-state index contributed by atoms with van der Waals surface area (Å²) < 4.78 is 17.4. The van der Waals surface area contributed by atoms with Crippen LogP contribution in [0.25, 0.3) is 6.08 Å². The Balaban J connectivity index is 1.87. The molecule has 2 aromatic carbocycles. The van der Waals surface area contributed by atoms with E-state index < -0.39 is 23.9 Å².